The van der Waals surface area contributed by atoms with Crippen LogP contribution in [0.3, 0.4) is 0 Å². The molecule has 0 saturated carbocycles. The summed E-state index contributed by atoms with van der Waals surface area (Å²) < 4.78 is 13.2. The Morgan fingerprint density at radius 1 is 1.29 bits per heavy atom. The van der Waals surface area contributed by atoms with Crippen LogP contribution in [0, 0.1) is 5.82 Å². The summed E-state index contributed by atoms with van der Waals surface area (Å²) in [5.41, 5.74) is 7.12. The molecule has 0 aliphatic rings. The highest BCUT2D eigenvalue weighted by molar-refractivity contribution is 7.98. The van der Waals surface area contributed by atoms with Gasteiger partial charge in [-0.15, -0.1) is 0 Å². The molecule has 0 aliphatic carbocycles. The van der Waals surface area contributed by atoms with Gasteiger partial charge in [-0.3, -0.25) is 0 Å². The first-order chi connectivity index (χ1) is 8.18. The number of anilines is 1. The molecule has 1 aromatic carbocycles. The average Bonchev–Trinajstić information content (AvgIpc) is 2.33. The molecule has 5 heteroatoms. The Morgan fingerprint density at radius 2 is 2.12 bits per heavy atom. The largest absolute Gasteiger partial charge is 0.397 e. The number of halogens is 2. The van der Waals surface area contributed by atoms with Gasteiger partial charge in [-0.1, -0.05) is 35.5 Å². The summed E-state index contributed by atoms with van der Waals surface area (Å²) in [4.78, 5) is 4.15. The Balaban J connectivity index is 2.13. The van der Waals surface area contributed by atoms with Crippen molar-refractivity contribution in [1.29, 1.82) is 0 Å². The van der Waals surface area contributed by atoms with E-state index in [1.54, 1.807) is 30.5 Å². The van der Waals surface area contributed by atoms with Crippen LogP contribution in [0.15, 0.2) is 41.6 Å². The zero-order valence-electron chi connectivity index (χ0n) is 8.86. The van der Waals surface area contributed by atoms with Gasteiger partial charge in [0.1, 0.15) is 10.8 Å². The number of hydrogen-bond donors (Lipinski definition) is 1. The van der Waals surface area contributed by atoms with Gasteiger partial charge in [0.15, 0.2) is 0 Å². The molecular formula is C12H10ClFN2S. The maximum Gasteiger partial charge on any atom is 0.142 e. The maximum absolute atomic E-state index is 13.2. The van der Waals surface area contributed by atoms with Crippen molar-refractivity contribution in [2.75, 3.05) is 5.73 Å². The van der Waals surface area contributed by atoms with E-state index < -0.39 is 5.82 Å². The number of nitrogens with zero attached hydrogens (tertiary/aromatic N) is 1. The molecule has 88 valence electrons. The number of hydrogen-bond acceptors (Lipinski definition) is 3. The topological polar surface area (TPSA) is 38.9 Å². The molecule has 1 heterocycles. The van der Waals surface area contributed by atoms with Crippen molar-refractivity contribution in [3.8, 4) is 0 Å². The van der Waals surface area contributed by atoms with Gasteiger partial charge in [0, 0.05) is 11.9 Å². The third-order valence-electron chi connectivity index (χ3n) is 2.20. The Bertz CT molecular complexity index is 534. The summed E-state index contributed by atoms with van der Waals surface area (Å²) in [6.07, 6.45) is 1.67. The van der Waals surface area contributed by atoms with E-state index in [2.05, 4.69) is 4.98 Å². The van der Waals surface area contributed by atoms with Crippen molar-refractivity contribution in [2.45, 2.75) is 10.8 Å². The number of nitrogen functional groups attached to an aromatic ring is 1. The minimum absolute atomic E-state index is 0.162. The number of aromatic nitrogens is 1. The Labute approximate surface area is 108 Å². The molecule has 0 aliphatic heterocycles. The summed E-state index contributed by atoms with van der Waals surface area (Å²) in [7, 11) is 0. The second-order valence-electron chi connectivity index (χ2n) is 3.40. The second-order valence-corrected chi connectivity index (χ2v) is 4.74. The van der Waals surface area contributed by atoms with E-state index in [4.69, 9.17) is 17.3 Å². The molecular weight excluding hydrogens is 259 g/mol. The van der Waals surface area contributed by atoms with Crippen molar-refractivity contribution in [3.63, 3.8) is 0 Å². The standard InChI is InChI=1S/C12H10ClFN2S/c13-11-8(3-1-4-9(11)14)7-17-12-10(15)5-2-6-16-12/h1-6H,7,15H2. The van der Waals surface area contributed by atoms with Crippen LogP contribution in [-0.4, -0.2) is 4.98 Å². The first kappa shape index (κ1) is 12.2. The first-order valence-corrected chi connectivity index (χ1v) is 6.31. The number of thioether (sulfide) groups is 1. The van der Waals surface area contributed by atoms with Crippen molar-refractivity contribution >= 4 is 29.1 Å². The predicted octanol–water partition coefficient (Wildman–Crippen LogP) is 3.75. The smallest absolute Gasteiger partial charge is 0.142 e. The Kier molecular flexibility index (Phi) is 3.86. The molecule has 0 radical (unpaired) electrons. The van der Waals surface area contributed by atoms with Crippen molar-refractivity contribution in [2.24, 2.45) is 0 Å². The lowest BCUT2D eigenvalue weighted by molar-refractivity contribution is 0.627. The number of nitrogens with two attached hydrogens (primary N) is 1. The highest BCUT2D eigenvalue weighted by atomic mass is 35.5. The predicted molar refractivity (Wildman–Crippen MR) is 69.6 cm³/mol. The van der Waals surface area contributed by atoms with Gasteiger partial charge >= 0.3 is 0 Å². The van der Waals surface area contributed by atoms with Gasteiger partial charge in [0.05, 0.1) is 10.7 Å². The molecule has 0 saturated heterocycles. The monoisotopic (exact) mass is 268 g/mol. The minimum atomic E-state index is -0.404. The molecule has 1 aromatic heterocycles. The van der Waals surface area contributed by atoms with Crippen LogP contribution < -0.4 is 5.73 Å². The fraction of sp³-hybridized carbons (Fsp3) is 0.0833. The SMILES string of the molecule is Nc1cccnc1SCc1cccc(F)c1Cl. The van der Waals surface area contributed by atoms with E-state index in [-0.39, 0.29) is 5.02 Å². The molecule has 0 atom stereocenters. The first-order valence-electron chi connectivity index (χ1n) is 4.94. The van der Waals surface area contributed by atoms with E-state index in [1.807, 2.05) is 0 Å². The fourth-order valence-electron chi connectivity index (χ4n) is 1.33. The summed E-state index contributed by atoms with van der Waals surface area (Å²) in [6.45, 7) is 0. The van der Waals surface area contributed by atoms with Crippen molar-refractivity contribution < 1.29 is 4.39 Å². The van der Waals surface area contributed by atoms with Crippen LogP contribution in [0.1, 0.15) is 5.56 Å². The molecule has 0 fully saturated rings. The number of benzene rings is 1. The summed E-state index contributed by atoms with van der Waals surface area (Å²) >= 11 is 7.30. The van der Waals surface area contributed by atoms with Crippen LogP contribution in [0.25, 0.3) is 0 Å². The summed E-state index contributed by atoms with van der Waals surface area (Å²) in [5, 5.41) is 0.891. The minimum Gasteiger partial charge on any atom is -0.397 e. The summed E-state index contributed by atoms with van der Waals surface area (Å²) in [5.74, 6) is 0.136. The lowest BCUT2D eigenvalue weighted by Crippen LogP contribution is -1.92. The molecule has 17 heavy (non-hydrogen) atoms. The van der Waals surface area contributed by atoms with Gasteiger partial charge in [0.2, 0.25) is 0 Å². The Morgan fingerprint density at radius 3 is 2.88 bits per heavy atom. The van der Waals surface area contributed by atoms with E-state index in [0.717, 1.165) is 10.6 Å². The van der Waals surface area contributed by atoms with Gasteiger partial charge in [-0.2, -0.15) is 0 Å². The zero-order chi connectivity index (χ0) is 12.3. The Hall–Kier alpha value is -1.26. The molecule has 0 unspecified atom stereocenters. The molecule has 0 bridgehead atoms. The summed E-state index contributed by atoms with van der Waals surface area (Å²) in [6, 6.07) is 8.32. The molecule has 2 aromatic rings. The molecule has 2 N–H and O–H groups in total. The quantitative estimate of drug-likeness (QED) is 0.862. The van der Waals surface area contributed by atoms with Gasteiger partial charge in [-0.05, 0) is 23.8 Å². The van der Waals surface area contributed by atoms with Crippen molar-refractivity contribution in [3.05, 3.63) is 52.9 Å². The molecule has 2 nitrogen and oxygen atoms in total. The lowest BCUT2D eigenvalue weighted by Gasteiger charge is -2.06. The van der Waals surface area contributed by atoms with E-state index in [0.29, 0.717) is 11.4 Å². The van der Waals surface area contributed by atoms with Crippen molar-refractivity contribution in [1.82, 2.24) is 4.98 Å². The van der Waals surface area contributed by atoms with Gasteiger partial charge in [-0.25, -0.2) is 9.37 Å². The highest BCUT2D eigenvalue weighted by Crippen LogP contribution is 2.29. The maximum atomic E-state index is 13.2. The normalized spacial score (nSPS) is 10.5. The van der Waals surface area contributed by atoms with Crippen LogP contribution in [0.2, 0.25) is 5.02 Å². The zero-order valence-corrected chi connectivity index (χ0v) is 10.4. The third-order valence-corrected chi connectivity index (χ3v) is 3.69. The van der Waals surface area contributed by atoms with E-state index in [9.17, 15) is 4.39 Å². The van der Waals surface area contributed by atoms with Crippen LogP contribution in [0.5, 0.6) is 0 Å². The number of rotatable bonds is 3. The van der Waals surface area contributed by atoms with Gasteiger partial charge in [0.25, 0.3) is 0 Å². The number of pyridine rings is 1. The lowest BCUT2D eigenvalue weighted by atomic mass is 10.2. The molecule has 0 amide bonds. The fourth-order valence-corrected chi connectivity index (χ4v) is 2.50. The van der Waals surface area contributed by atoms with Crippen LogP contribution in [-0.2, 0) is 5.75 Å². The third kappa shape index (κ3) is 2.90. The van der Waals surface area contributed by atoms with E-state index in [1.165, 1.54) is 17.8 Å². The van der Waals surface area contributed by atoms with Crippen LogP contribution in [0.4, 0.5) is 10.1 Å². The second kappa shape index (κ2) is 5.38. The molecule has 0 spiro atoms. The van der Waals surface area contributed by atoms with E-state index >= 15 is 0 Å². The van der Waals surface area contributed by atoms with Crippen LogP contribution >= 0.6 is 23.4 Å². The van der Waals surface area contributed by atoms with Gasteiger partial charge < -0.3 is 5.73 Å². The molecule has 2 rings (SSSR count). The average molecular weight is 269 g/mol. The highest BCUT2D eigenvalue weighted by Gasteiger charge is 2.07.